The van der Waals surface area contributed by atoms with Gasteiger partial charge in [0.05, 0.1) is 31.0 Å². The van der Waals surface area contributed by atoms with Crippen LogP contribution in [0.15, 0.2) is 66.0 Å². The summed E-state index contributed by atoms with van der Waals surface area (Å²) in [6.45, 7) is 6.06. The zero-order chi connectivity index (χ0) is 25.5. The normalized spacial score (nSPS) is 18.7. The molecule has 1 atom stereocenters. The molecule has 3 aromatic rings. The highest BCUT2D eigenvalue weighted by Gasteiger charge is 2.39. The molecule has 1 unspecified atom stereocenters. The monoisotopic (exact) mass is 494 g/mol. The topological polar surface area (TPSA) is 66.8 Å². The van der Waals surface area contributed by atoms with Gasteiger partial charge in [0.1, 0.15) is 0 Å². The van der Waals surface area contributed by atoms with Gasteiger partial charge in [-0.05, 0) is 60.0 Å². The van der Waals surface area contributed by atoms with Crippen LogP contribution in [0, 0.1) is 6.92 Å². The Hall–Kier alpha value is -3.72. The van der Waals surface area contributed by atoms with E-state index in [1.54, 1.807) is 18.3 Å². The number of alkyl halides is 3. The summed E-state index contributed by atoms with van der Waals surface area (Å²) >= 11 is 0. The Morgan fingerprint density at radius 1 is 1.17 bits per heavy atom. The Morgan fingerprint density at radius 2 is 1.97 bits per heavy atom. The van der Waals surface area contributed by atoms with Crippen molar-refractivity contribution in [1.82, 2.24) is 4.98 Å². The summed E-state index contributed by atoms with van der Waals surface area (Å²) < 4.78 is 44.6. The standard InChI is InChI=1S/C27H25F3N4O2/c1-17-6-7-21(33-25(35)18-4-3-5-20(10-18)27(28,29)30)11-24(17)34-14-19(12-32-34)22-13-31-9-8-23(22)26(2)15-36-16-26/h3-13,19H,14-16H2,1-2H3,(H,33,35). The van der Waals surface area contributed by atoms with Gasteiger partial charge in [-0.15, -0.1) is 0 Å². The average Bonchev–Trinajstić information content (AvgIpc) is 3.33. The van der Waals surface area contributed by atoms with Crippen LogP contribution >= 0.6 is 0 Å². The van der Waals surface area contributed by atoms with Crippen molar-refractivity contribution < 1.29 is 22.7 Å². The maximum atomic E-state index is 13.0. The third-order valence-electron chi connectivity index (χ3n) is 6.70. The average molecular weight is 495 g/mol. The molecule has 0 saturated carbocycles. The SMILES string of the molecule is Cc1ccc(NC(=O)c2cccc(C(F)(F)F)c2)cc1N1CC(c2cnccc2C2(C)COC2)C=N1. The molecule has 2 aromatic carbocycles. The number of ether oxygens (including phenoxy) is 1. The summed E-state index contributed by atoms with van der Waals surface area (Å²) in [5.41, 5.74) is 3.58. The van der Waals surface area contributed by atoms with Gasteiger partial charge in [0.25, 0.3) is 5.91 Å². The minimum absolute atomic E-state index is 0.0360. The van der Waals surface area contributed by atoms with Gasteiger partial charge in [-0.3, -0.25) is 14.8 Å². The highest BCUT2D eigenvalue weighted by molar-refractivity contribution is 6.04. The number of carbonyl (C=O) groups is 1. The van der Waals surface area contributed by atoms with Crippen molar-refractivity contribution in [1.29, 1.82) is 0 Å². The number of hydrazone groups is 1. The lowest BCUT2D eigenvalue weighted by atomic mass is 9.76. The first-order valence-electron chi connectivity index (χ1n) is 11.6. The van der Waals surface area contributed by atoms with E-state index in [9.17, 15) is 18.0 Å². The molecule has 2 aliphatic heterocycles. The van der Waals surface area contributed by atoms with E-state index >= 15 is 0 Å². The lowest BCUT2D eigenvalue weighted by Crippen LogP contribution is -2.44. The number of nitrogens with one attached hydrogen (secondary N) is 1. The molecule has 2 aliphatic rings. The quantitative estimate of drug-likeness (QED) is 0.506. The van der Waals surface area contributed by atoms with Crippen LogP contribution < -0.4 is 10.3 Å². The van der Waals surface area contributed by atoms with Gasteiger partial charge >= 0.3 is 6.18 Å². The number of rotatable bonds is 5. The van der Waals surface area contributed by atoms with Crippen LogP contribution in [0.3, 0.4) is 0 Å². The van der Waals surface area contributed by atoms with E-state index < -0.39 is 17.6 Å². The number of carbonyl (C=O) groups excluding carboxylic acids is 1. The van der Waals surface area contributed by atoms with Crippen molar-refractivity contribution in [2.24, 2.45) is 5.10 Å². The molecule has 5 rings (SSSR count). The van der Waals surface area contributed by atoms with Crippen molar-refractivity contribution in [3.8, 4) is 0 Å². The predicted molar refractivity (Wildman–Crippen MR) is 132 cm³/mol. The third-order valence-corrected chi connectivity index (χ3v) is 6.70. The second-order valence-electron chi connectivity index (χ2n) is 9.50. The predicted octanol–water partition coefficient (Wildman–Crippen LogP) is 5.54. The zero-order valence-corrected chi connectivity index (χ0v) is 19.8. The molecule has 1 amide bonds. The number of pyridine rings is 1. The largest absolute Gasteiger partial charge is 0.416 e. The maximum Gasteiger partial charge on any atom is 0.416 e. The zero-order valence-electron chi connectivity index (χ0n) is 19.8. The molecule has 1 aromatic heterocycles. The van der Waals surface area contributed by atoms with E-state index in [0.717, 1.165) is 28.9 Å². The fraction of sp³-hybridized carbons (Fsp3) is 0.296. The van der Waals surface area contributed by atoms with Gasteiger partial charge in [-0.1, -0.05) is 19.1 Å². The van der Waals surface area contributed by atoms with Gasteiger partial charge in [0.2, 0.25) is 0 Å². The number of aryl methyl sites for hydroxylation is 1. The van der Waals surface area contributed by atoms with Crippen LogP contribution in [0.5, 0.6) is 0 Å². The first kappa shape index (κ1) is 24.0. The number of benzene rings is 2. The minimum atomic E-state index is -4.52. The Bertz CT molecular complexity index is 1330. The van der Waals surface area contributed by atoms with Crippen molar-refractivity contribution in [2.45, 2.75) is 31.4 Å². The molecule has 0 bridgehead atoms. The Labute approximate surface area is 206 Å². The fourth-order valence-electron chi connectivity index (χ4n) is 4.60. The molecule has 186 valence electrons. The van der Waals surface area contributed by atoms with Gasteiger partial charge in [0, 0.05) is 41.2 Å². The highest BCUT2D eigenvalue weighted by Crippen LogP contribution is 2.38. The van der Waals surface area contributed by atoms with Crippen LogP contribution in [0.1, 0.15) is 45.5 Å². The third kappa shape index (κ3) is 4.58. The van der Waals surface area contributed by atoms with Crippen molar-refractivity contribution in [3.05, 3.63) is 88.7 Å². The molecule has 1 N–H and O–H groups in total. The van der Waals surface area contributed by atoms with Crippen LogP contribution in [-0.2, 0) is 16.3 Å². The Kier molecular flexibility index (Phi) is 6.04. The molecular formula is C27H25F3N4O2. The van der Waals surface area contributed by atoms with Crippen molar-refractivity contribution >= 4 is 23.5 Å². The molecule has 0 radical (unpaired) electrons. The Balaban J connectivity index is 1.34. The first-order chi connectivity index (χ1) is 17.1. The number of anilines is 2. The number of amides is 1. The second-order valence-corrected chi connectivity index (χ2v) is 9.50. The first-order valence-corrected chi connectivity index (χ1v) is 11.6. The molecule has 1 fully saturated rings. The van der Waals surface area contributed by atoms with Gasteiger partial charge in [-0.25, -0.2) is 0 Å². The molecule has 36 heavy (non-hydrogen) atoms. The molecule has 6 nitrogen and oxygen atoms in total. The summed E-state index contributed by atoms with van der Waals surface area (Å²) in [5.74, 6) is -0.580. The molecule has 0 spiro atoms. The molecular weight excluding hydrogens is 469 g/mol. The molecule has 0 aliphatic carbocycles. The van der Waals surface area contributed by atoms with Crippen molar-refractivity contribution in [2.75, 3.05) is 30.1 Å². The van der Waals surface area contributed by atoms with Crippen LogP contribution in [0.2, 0.25) is 0 Å². The van der Waals surface area contributed by atoms with E-state index in [0.29, 0.717) is 25.4 Å². The smallest absolute Gasteiger partial charge is 0.379 e. The molecule has 1 saturated heterocycles. The second kappa shape index (κ2) is 9.05. The van der Waals surface area contributed by atoms with Crippen molar-refractivity contribution in [3.63, 3.8) is 0 Å². The number of halogens is 3. The fourth-order valence-corrected chi connectivity index (χ4v) is 4.60. The lowest BCUT2D eigenvalue weighted by Gasteiger charge is -2.40. The van der Waals surface area contributed by atoms with E-state index in [-0.39, 0.29) is 16.9 Å². The maximum absolute atomic E-state index is 13.0. The summed E-state index contributed by atoms with van der Waals surface area (Å²) in [6, 6.07) is 11.8. The van der Waals surface area contributed by atoms with Crippen LogP contribution in [0.25, 0.3) is 0 Å². The van der Waals surface area contributed by atoms with Gasteiger partial charge in [0.15, 0.2) is 0 Å². The molecule has 3 heterocycles. The lowest BCUT2D eigenvalue weighted by molar-refractivity contribution is -0.137. The summed E-state index contributed by atoms with van der Waals surface area (Å²) in [6.07, 6.45) is 1.07. The van der Waals surface area contributed by atoms with E-state index in [4.69, 9.17) is 4.74 Å². The summed E-state index contributed by atoms with van der Waals surface area (Å²) in [5, 5.41) is 9.20. The van der Waals surface area contributed by atoms with E-state index in [1.165, 1.54) is 17.7 Å². The number of hydrogen-bond donors (Lipinski definition) is 1. The number of hydrogen-bond acceptors (Lipinski definition) is 5. The minimum Gasteiger partial charge on any atom is -0.379 e. The van der Waals surface area contributed by atoms with E-state index in [1.807, 2.05) is 36.5 Å². The van der Waals surface area contributed by atoms with Crippen LogP contribution in [-0.4, -0.2) is 36.9 Å². The highest BCUT2D eigenvalue weighted by atomic mass is 19.4. The Morgan fingerprint density at radius 3 is 2.69 bits per heavy atom. The van der Waals surface area contributed by atoms with Crippen LogP contribution in [0.4, 0.5) is 24.5 Å². The molecule has 9 heteroatoms. The number of nitrogens with zero attached hydrogens (tertiary/aromatic N) is 3. The summed E-state index contributed by atoms with van der Waals surface area (Å²) in [4.78, 5) is 17.0. The van der Waals surface area contributed by atoms with Gasteiger partial charge in [-0.2, -0.15) is 18.3 Å². The van der Waals surface area contributed by atoms with Gasteiger partial charge < -0.3 is 10.1 Å². The summed E-state index contributed by atoms with van der Waals surface area (Å²) in [7, 11) is 0. The van der Waals surface area contributed by atoms with E-state index in [2.05, 4.69) is 22.3 Å². The number of aromatic nitrogens is 1.